The highest BCUT2D eigenvalue weighted by atomic mass is 15.1. The third kappa shape index (κ3) is 2.46. The first-order chi connectivity index (χ1) is 7.68. The lowest BCUT2D eigenvalue weighted by molar-refractivity contribution is 0.321. The fourth-order valence-electron chi connectivity index (χ4n) is 2.60. The van der Waals surface area contributed by atoms with Gasteiger partial charge in [-0.25, -0.2) is 0 Å². The van der Waals surface area contributed by atoms with Gasteiger partial charge >= 0.3 is 0 Å². The van der Waals surface area contributed by atoms with Crippen LogP contribution in [-0.4, -0.2) is 19.0 Å². The molecule has 1 aliphatic rings. The maximum absolute atomic E-state index is 2.34. The van der Waals surface area contributed by atoms with Crippen LogP contribution in [0.2, 0.25) is 0 Å². The van der Waals surface area contributed by atoms with E-state index in [2.05, 4.69) is 50.2 Å². The lowest BCUT2D eigenvalue weighted by atomic mass is 9.95. The molecule has 0 bridgehead atoms. The second-order valence-corrected chi connectivity index (χ2v) is 5.29. The van der Waals surface area contributed by atoms with Crippen molar-refractivity contribution in [3.63, 3.8) is 0 Å². The van der Waals surface area contributed by atoms with Crippen LogP contribution in [0.15, 0.2) is 24.3 Å². The van der Waals surface area contributed by atoms with Gasteiger partial charge in [0.1, 0.15) is 0 Å². The highest BCUT2D eigenvalue weighted by molar-refractivity contribution is 5.27. The summed E-state index contributed by atoms with van der Waals surface area (Å²) in [6.45, 7) is 2.25. The average molecular weight is 217 g/mol. The Balaban J connectivity index is 2.09. The van der Waals surface area contributed by atoms with E-state index in [0.29, 0.717) is 6.04 Å². The third-order valence-electron chi connectivity index (χ3n) is 4.02. The van der Waals surface area contributed by atoms with Gasteiger partial charge in [-0.3, -0.25) is 0 Å². The van der Waals surface area contributed by atoms with Crippen LogP contribution in [-0.2, 0) is 0 Å². The molecule has 0 unspecified atom stereocenters. The number of nitrogens with zero attached hydrogens (tertiary/aromatic N) is 1. The van der Waals surface area contributed by atoms with Gasteiger partial charge in [-0.1, -0.05) is 37.1 Å². The van der Waals surface area contributed by atoms with Gasteiger partial charge in [-0.15, -0.1) is 0 Å². The average Bonchev–Trinajstić information content (AvgIpc) is 2.81. The van der Waals surface area contributed by atoms with Crippen molar-refractivity contribution in [2.45, 2.75) is 44.6 Å². The van der Waals surface area contributed by atoms with Crippen LogP contribution < -0.4 is 0 Å². The van der Waals surface area contributed by atoms with E-state index in [1.807, 2.05) is 0 Å². The Morgan fingerprint density at radius 1 is 1.06 bits per heavy atom. The molecule has 1 nitrogen and oxygen atoms in total. The second-order valence-electron chi connectivity index (χ2n) is 5.29. The van der Waals surface area contributed by atoms with E-state index in [1.54, 1.807) is 5.56 Å². The molecule has 0 amide bonds. The predicted molar refractivity (Wildman–Crippen MR) is 69.8 cm³/mol. The topological polar surface area (TPSA) is 3.24 Å². The SMILES string of the molecule is C[C@H](c1ccc(C2CCCC2)cc1)N(C)C. The van der Waals surface area contributed by atoms with Gasteiger partial charge in [-0.05, 0) is 50.9 Å². The molecule has 0 aromatic heterocycles. The van der Waals surface area contributed by atoms with Crippen LogP contribution in [0.3, 0.4) is 0 Å². The third-order valence-corrected chi connectivity index (χ3v) is 4.02. The van der Waals surface area contributed by atoms with Crippen molar-refractivity contribution in [3.8, 4) is 0 Å². The zero-order chi connectivity index (χ0) is 11.5. The van der Waals surface area contributed by atoms with Crippen molar-refractivity contribution < 1.29 is 0 Å². The standard InChI is InChI=1S/C15H23N/c1-12(16(2)3)13-8-10-15(11-9-13)14-6-4-5-7-14/h8-12,14H,4-7H2,1-3H3/t12-/m1/s1. The van der Waals surface area contributed by atoms with Crippen molar-refractivity contribution in [2.75, 3.05) is 14.1 Å². The molecule has 1 aliphatic carbocycles. The summed E-state index contributed by atoms with van der Waals surface area (Å²) in [5.41, 5.74) is 2.97. The maximum atomic E-state index is 2.34. The summed E-state index contributed by atoms with van der Waals surface area (Å²) in [4.78, 5) is 2.25. The molecule has 0 spiro atoms. The van der Waals surface area contributed by atoms with Gasteiger partial charge in [0.05, 0.1) is 0 Å². The van der Waals surface area contributed by atoms with Crippen molar-refractivity contribution >= 4 is 0 Å². The minimum Gasteiger partial charge on any atom is -0.303 e. The van der Waals surface area contributed by atoms with E-state index in [-0.39, 0.29) is 0 Å². The van der Waals surface area contributed by atoms with E-state index in [0.717, 1.165) is 5.92 Å². The first-order valence-corrected chi connectivity index (χ1v) is 6.45. The zero-order valence-corrected chi connectivity index (χ0v) is 10.7. The number of benzene rings is 1. The van der Waals surface area contributed by atoms with Crippen LogP contribution in [0.1, 0.15) is 55.7 Å². The van der Waals surface area contributed by atoms with E-state index in [1.165, 1.54) is 31.2 Å². The van der Waals surface area contributed by atoms with Crippen molar-refractivity contribution in [1.82, 2.24) is 4.90 Å². The van der Waals surface area contributed by atoms with Gasteiger partial charge in [0.25, 0.3) is 0 Å². The smallest absolute Gasteiger partial charge is 0.0313 e. The summed E-state index contributed by atoms with van der Waals surface area (Å²) in [7, 11) is 4.27. The predicted octanol–water partition coefficient (Wildman–Crippen LogP) is 3.97. The molecule has 88 valence electrons. The van der Waals surface area contributed by atoms with Crippen molar-refractivity contribution in [1.29, 1.82) is 0 Å². The Bertz CT molecular complexity index is 299. The van der Waals surface area contributed by atoms with Crippen molar-refractivity contribution in [3.05, 3.63) is 35.4 Å². The Morgan fingerprint density at radius 2 is 1.62 bits per heavy atom. The van der Waals surface area contributed by atoms with Gasteiger partial charge in [0, 0.05) is 6.04 Å². The van der Waals surface area contributed by atoms with Crippen molar-refractivity contribution in [2.24, 2.45) is 0 Å². The summed E-state index contributed by atoms with van der Waals surface area (Å²) in [5, 5.41) is 0. The molecule has 2 rings (SSSR count). The molecule has 0 aliphatic heterocycles. The minimum atomic E-state index is 0.512. The first-order valence-electron chi connectivity index (χ1n) is 6.45. The number of hydrogen-bond acceptors (Lipinski definition) is 1. The molecule has 1 heteroatoms. The van der Waals surface area contributed by atoms with Crippen LogP contribution in [0.4, 0.5) is 0 Å². The van der Waals surface area contributed by atoms with E-state index in [9.17, 15) is 0 Å². The molecule has 0 heterocycles. The summed E-state index contributed by atoms with van der Waals surface area (Å²) >= 11 is 0. The van der Waals surface area contributed by atoms with Crippen LogP contribution >= 0.6 is 0 Å². The number of hydrogen-bond donors (Lipinski definition) is 0. The molecule has 16 heavy (non-hydrogen) atoms. The highest BCUT2D eigenvalue weighted by Gasteiger charge is 2.17. The molecule has 1 saturated carbocycles. The maximum Gasteiger partial charge on any atom is 0.0313 e. The quantitative estimate of drug-likeness (QED) is 0.740. The fourth-order valence-corrected chi connectivity index (χ4v) is 2.60. The monoisotopic (exact) mass is 217 g/mol. The second kappa shape index (κ2) is 5.01. The summed E-state index contributed by atoms with van der Waals surface area (Å²) in [5.74, 6) is 0.837. The summed E-state index contributed by atoms with van der Waals surface area (Å²) < 4.78 is 0. The van der Waals surface area contributed by atoms with Gasteiger partial charge in [0.2, 0.25) is 0 Å². The van der Waals surface area contributed by atoms with E-state index in [4.69, 9.17) is 0 Å². The summed E-state index contributed by atoms with van der Waals surface area (Å²) in [6, 6.07) is 9.80. The minimum absolute atomic E-state index is 0.512. The Morgan fingerprint density at radius 3 is 2.12 bits per heavy atom. The molecular weight excluding hydrogens is 194 g/mol. The fraction of sp³-hybridized carbons (Fsp3) is 0.600. The van der Waals surface area contributed by atoms with Gasteiger partial charge < -0.3 is 4.90 Å². The van der Waals surface area contributed by atoms with Gasteiger partial charge in [0.15, 0.2) is 0 Å². The van der Waals surface area contributed by atoms with Crippen LogP contribution in [0.5, 0.6) is 0 Å². The lowest BCUT2D eigenvalue weighted by Crippen LogP contribution is -2.16. The Hall–Kier alpha value is -0.820. The van der Waals surface area contributed by atoms with Crippen LogP contribution in [0, 0.1) is 0 Å². The molecule has 1 aromatic carbocycles. The Kier molecular flexibility index (Phi) is 3.65. The summed E-state index contributed by atoms with van der Waals surface area (Å²) in [6.07, 6.45) is 5.62. The number of rotatable bonds is 3. The molecule has 0 radical (unpaired) electrons. The van der Waals surface area contributed by atoms with Gasteiger partial charge in [-0.2, -0.15) is 0 Å². The largest absolute Gasteiger partial charge is 0.303 e. The molecule has 1 fully saturated rings. The lowest BCUT2D eigenvalue weighted by Gasteiger charge is -2.20. The highest BCUT2D eigenvalue weighted by Crippen LogP contribution is 2.34. The van der Waals surface area contributed by atoms with E-state index >= 15 is 0 Å². The molecule has 1 atom stereocenters. The molecule has 0 N–H and O–H groups in total. The molecule has 1 aromatic rings. The Labute approximate surface area is 99.5 Å². The molecular formula is C15H23N. The first kappa shape index (κ1) is 11.7. The van der Waals surface area contributed by atoms with E-state index < -0.39 is 0 Å². The normalized spacial score (nSPS) is 19.2. The van der Waals surface area contributed by atoms with Crippen LogP contribution in [0.25, 0.3) is 0 Å². The zero-order valence-electron chi connectivity index (χ0n) is 10.7. The molecule has 0 saturated heterocycles.